The van der Waals surface area contributed by atoms with Crippen LogP contribution in [0, 0.1) is 11.8 Å². The maximum atomic E-state index is 12.3. The predicted octanol–water partition coefficient (Wildman–Crippen LogP) is 2.46. The van der Waals surface area contributed by atoms with E-state index < -0.39 is 0 Å². The van der Waals surface area contributed by atoms with Gasteiger partial charge >= 0.3 is 0 Å². The van der Waals surface area contributed by atoms with E-state index in [1.54, 1.807) is 0 Å². The van der Waals surface area contributed by atoms with E-state index in [9.17, 15) is 4.79 Å². The zero-order valence-electron chi connectivity index (χ0n) is 17.4. The Hall–Kier alpha value is -0.650. The molecule has 3 aliphatic rings. The molecule has 0 aromatic rings. The Morgan fingerprint density at radius 2 is 1.69 bits per heavy atom. The first-order valence-electron chi connectivity index (χ1n) is 10.8. The largest absolute Gasteiger partial charge is 0.375 e. The minimum atomic E-state index is 0.0196. The van der Waals surface area contributed by atoms with E-state index in [0.717, 1.165) is 44.9 Å². The van der Waals surface area contributed by atoms with E-state index in [1.807, 2.05) is 18.7 Å². The van der Waals surface area contributed by atoms with Gasteiger partial charge in [-0.1, -0.05) is 27.7 Å². The fourth-order valence-corrected chi connectivity index (χ4v) is 4.99. The van der Waals surface area contributed by atoms with Crippen molar-refractivity contribution in [3.05, 3.63) is 0 Å². The molecule has 150 valence electrons. The lowest BCUT2D eigenvalue weighted by molar-refractivity contribution is -0.152. The van der Waals surface area contributed by atoms with Gasteiger partial charge in [-0.2, -0.15) is 0 Å². The molecule has 3 heterocycles. The van der Waals surface area contributed by atoms with Crippen LogP contribution in [0.2, 0.25) is 0 Å². The Balaban J connectivity index is 1.50. The van der Waals surface area contributed by atoms with Gasteiger partial charge in [-0.15, -0.1) is 0 Å². The Kier molecular flexibility index (Phi) is 6.63. The summed E-state index contributed by atoms with van der Waals surface area (Å²) in [6.07, 6.45) is 4.34. The fraction of sp³-hybridized carbons (Fsp3) is 0.952. The molecular weight excluding hydrogens is 326 g/mol. The summed E-state index contributed by atoms with van der Waals surface area (Å²) < 4.78 is 6.31. The summed E-state index contributed by atoms with van der Waals surface area (Å²) >= 11 is 0. The Labute approximate surface area is 160 Å². The summed E-state index contributed by atoms with van der Waals surface area (Å²) in [6, 6.07) is 0.664. The van der Waals surface area contributed by atoms with E-state index >= 15 is 0 Å². The average Bonchev–Trinajstić information content (AvgIpc) is 2.62. The van der Waals surface area contributed by atoms with Crippen molar-refractivity contribution in [1.82, 2.24) is 14.7 Å². The van der Waals surface area contributed by atoms with Crippen LogP contribution in [0.25, 0.3) is 0 Å². The molecule has 0 N–H and O–H groups in total. The Morgan fingerprint density at radius 3 is 2.27 bits per heavy atom. The smallest absolute Gasteiger partial charge is 0.225 e. The standard InChI is InChI=1S/C21H39N3O2/c1-17(2)16-22-10-12-23(13-11-22)19-5-14-26-21(15-19)6-8-24(9-7-21)20(25)18(3)4/h17-19H,5-16H2,1-4H3/t19-/m1/s1. The quantitative estimate of drug-likeness (QED) is 0.767. The van der Waals surface area contributed by atoms with Gasteiger partial charge in [0.2, 0.25) is 5.91 Å². The Morgan fingerprint density at radius 1 is 1.04 bits per heavy atom. The van der Waals surface area contributed by atoms with Gasteiger partial charge in [0.1, 0.15) is 0 Å². The third kappa shape index (κ3) is 4.79. The second kappa shape index (κ2) is 8.57. The first kappa shape index (κ1) is 20.1. The molecule has 0 aliphatic carbocycles. The molecule has 3 rings (SSSR count). The van der Waals surface area contributed by atoms with Crippen LogP contribution in [-0.2, 0) is 9.53 Å². The monoisotopic (exact) mass is 365 g/mol. The second-order valence-electron chi connectivity index (χ2n) is 9.39. The molecule has 3 saturated heterocycles. The van der Waals surface area contributed by atoms with Gasteiger partial charge in [0, 0.05) is 64.4 Å². The molecule has 3 fully saturated rings. The minimum Gasteiger partial charge on any atom is -0.375 e. The molecule has 0 radical (unpaired) electrons. The van der Waals surface area contributed by atoms with Gasteiger partial charge in [0.15, 0.2) is 0 Å². The summed E-state index contributed by atoms with van der Waals surface area (Å²) in [7, 11) is 0. The molecule has 1 spiro atoms. The van der Waals surface area contributed by atoms with E-state index in [-0.39, 0.29) is 11.5 Å². The lowest BCUT2D eigenvalue weighted by Gasteiger charge is -2.50. The van der Waals surface area contributed by atoms with Crippen LogP contribution in [0.3, 0.4) is 0 Å². The van der Waals surface area contributed by atoms with Crippen molar-refractivity contribution in [2.24, 2.45) is 11.8 Å². The van der Waals surface area contributed by atoms with Gasteiger partial charge in [0.05, 0.1) is 5.60 Å². The summed E-state index contributed by atoms with van der Waals surface area (Å²) in [5.41, 5.74) is 0.0196. The molecule has 5 heteroatoms. The molecule has 0 bridgehead atoms. The van der Waals surface area contributed by atoms with Crippen molar-refractivity contribution < 1.29 is 9.53 Å². The predicted molar refractivity (Wildman–Crippen MR) is 105 cm³/mol. The normalized spacial score (nSPS) is 28.2. The molecular formula is C21H39N3O2. The van der Waals surface area contributed by atoms with Crippen LogP contribution >= 0.6 is 0 Å². The number of ether oxygens (including phenoxy) is 1. The number of nitrogens with zero attached hydrogens (tertiary/aromatic N) is 3. The minimum absolute atomic E-state index is 0.0196. The first-order valence-corrected chi connectivity index (χ1v) is 10.8. The van der Waals surface area contributed by atoms with Crippen LogP contribution in [0.15, 0.2) is 0 Å². The van der Waals surface area contributed by atoms with E-state index in [4.69, 9.17) is 4.74 Å². The van der Waals surface area contributed by atoms with Crippen molar-refractivity contribution in [2.75, 3.05) is 52.4 Å². The SMILES string of the molecule is CC(C)CN1CCN([C@@H]2CCOC3(CCN(C(=O)C(C)C)CC3)C2)CC1. The van der Waals surface area contributed by atoms with E-state index in [2.05, 4.69) is 23.6 Å². The highest BCUT2D eigenvalue weighted by atomic mass is 16.5. The highest BCUT2D eigenvalue weighted by Gasteiger charge is 2.43. The van der Waals surface area contributed by atoms with Gasteiger partial charge < -0.3 is 14.5 Å². The molecule has 3 aliphatic heterocycles. The summed E-state index contributed by atoms with van der Waals surface area (Å²) in [5.74, 6) is 1.16. The van der Waals surface area contributed by atoms with Crippen LogP contribution in [0.1, 0.15) is 53.4 Å². The van der Waals surface area contributed by atoms with Crippen molar-refractivity contribution in [2.45, 2.75) is 65.0 Å². The first-order chi connectivity index (χ1) is 12.4. The highest BCUT2D eigenvalue weighted by Crippen LogP contribution is 2.37. The number of hydrogen-bond donors (Lipinski definition) is 0. The molecule has 1 amide bonds. The number of piperazine rings is 1. The topological polar surface area (TPSA) is 36.0 Å². The second-order valence-corrected chi connectivity index (χ2v) is 9.39. The van der Waals surface area contributed by atoms with Crippen LogP contribution in [0.4, 0.5) is 0 Å². The fourth-order valence-electron chi connectivity index (χ4n) is 4.99. The number of piperidine rings is 1. The maximum absolute atomic E-state index is 12.3. The van der Waals surface area contributed by atoms with Gasteiger partial charge in [0.25, 0.3) is 0 Å². The van der Waals surface area contributed by atoms with Gasteiger partial charge in [-0.05, 0) is 31.6 Å². The number of carbonyl (C=O) groups is 1. The number of amides is 1. The molecule has 0 aromatic heterocycles. The van der Waals surface area contributed by atoms with Crippen LogP contribution < -0.4 is 0 Å². The molecule has 0 unspecified atom stereocenters. The number of rotatable bonds is 4. The van der Waals surface area contributed by atoms with Crippen molar-refractivity contribution >= 4 is 5.91 Å². The summed E-state index contributed by atoms with van der Waals surface area (Å²) in [5, 5.41) is 0. The van der Waals surface area contributed by atoms with E-state index in [1.165, 1.54) is 39.1 Å². The lowest BCUT2D eigenvalue weighted by atomic mass is 9.81. The van der Waals surface area contributed by atoms with Crippen LogP contribution in [0.5, 0.6) is 0 Å². The van der Waals surface area contributed by atoms with E-state index in [0.29, 0.717) is 11.9 Å². The maximum Gasteiger partial charge on any atom is 0.225 e. The third-order valence-corrected chi connectivity index (χ3v) is 6.49. The highest BCUT2D eigenvalue weighted by molar-refractivity contribution is 5.78. The zero-order chi connectivity index (χ0) is 18.7. The Bertz CT molecular complexity index is 464. The summed E-state index contributed by atoms with van der Waals surface area (Å²) in [4.78, 5) is 19.6. The number of hydrogen-bond acceptors (Lipinski definition) is 4. The molecule has 26 heavy (non-hydrogen) atoms. The van der Waals surface area contributed by atoms with Gasteiger partial charge in [-0.3, -0.25) is 9.69 Å². The zero-order valence-corrected chi connectivity index (χ0v) is 17.4. The molecule has 5 nitrogen and oxygen atoms in total. The molecule has 0 saturated carbocycles. The lowest BCUT2D eigenvalue weighted by Crippen LogP contribution is -2.57. The average molecular weight is 366 g/mol. The van der Waals surface area contributed by atoms with Crippen molar-refractivity contribution in [1.29, 1.82) is 0 Å². The third-order valence-electron chi connectivity index (χ3n) is 6.49. The van der Waals surface area contributed by atoms with Crippen LogP contribution in [-0.4, -0.2) is 84.7 Å². The van der Waals surface area contributed by atoms with Crippen molar-refractivity contribution in [3.8, 4) is 0 Å². The van der Waals surface area contributed by atoms with Gasteiger partial charge in [-0.25, -0.2) is 0 Å². The van der Waals surface area contributed by atoms with Crippen molar-refractivity contribution in [3.63, 3.8) is 0 Å². The number of likely N-dealkylation sites (tertiary alicyclic amines) is 1. The molecule has 0 aromatic carbocycles. The summed E-state index contributed by atoms with van der Waals surface area (Å²) in [6.45, 7) is 17.3. The number of carbonyl (C=O) groups excluding carboxylic acids is 1. The molecule has 1 atom stereocenters.